The molecule has 7 nitrogen and oxygen atoms in total. The van der Waals surface area contributed by atoms with Crippen LogP contribution in [0.1, 0.15) is 33.1 Å². The summed E-state index contributed by atoms with van der Waals surface area (Å²) in [5.74, 6) is -1.23. The normalized spacial score (nSPS) is 21.9. The Balaban J connectivity index is 2.59. The zero-order chi connectivity index (χ0) is 14.6. The summed E-state index contributed by atoms with van der Waals surface area (Å²) >= 11 is 0. The van der Waals surface area contributed by atoms with Crippen LogP contribution in [-0.2, 0) is 9.59 Å². The van der Waals surface area contributed by atoms with E-state index < -0.39 is 23.6 Å². The van der Waals surface area contributed by atoms with Gasteiger partial charge in [0.2, 0.25) is 5.91 Å². The fourth-order valence-corrected chi connectivity index (χ4v) is 2.12. The molecule has 108 valence electrons. The van der Waals surface area contributed by atoms with E-state index in [2.05, 4.69) is 10.6 Å². The summed E-state index contributed by atoms with van der Waals surface area (Å²) in [6.07, 6.45) is 1.50. The molecule has 7 heteroatoms. The van der Waals surface area contributed by atoms with E-state index in [1.165, 1.54) is 11.8 Å². The number of hydrogen-bond donors (Lipinski definition) is 3. The molecular formula is C12H21N3O4. The van der Waals surface area contributed by atoms with Crippen molar-refractivity contribution in [3.63, 3.8) is 0 Å². The Morgan fingerprint density at radius 3 is 2.58 bits per heavy atom. The molecule has 0 aliphatic carbocycles. The van der Waals surface area contributed by atoms with E-state index in [9.17, 15) is 14.4 Å². The molecule has 19 heavy (non-hydrogen) atoms. The van der Waals surface area contributed by atoms with Crippen molar-refractivity contribution < 1.29 is 19.5 Å². The summed E-state index contributed by atoms with van der Waals surface area (Å²) in [6, 6.07) is -1.18. The third-order valence-electron chi connectivity index (χ3n) is 3.34. The van der Waals surface area contributed by atoms with Crippen LogP contribution in [-0.4, -0.2) is 53.1 Å². The maximum absolute atomic E-state index is 11.8. The fourth-order valence-electron chi connectivity index (χ4n) is 2.12. The molecule has 1 fully saturated rings. The van der Waals surface area contributed by atoms with Crippen molar-refractivity contribution in [1.82, 2.24) is 15.5 Å². The van der Waals surface area contributed by atoms with Crippen LogP contribution in [0.2, 0.25) is 0 Å². The topological polar surface area (TPSA) is 98.7 Å². The molecule has 1 aliphatic heterocycles. The smallest absolute Gasteiger partial charge is 0.329 e. The van der Waals surface area contributed by atoms with Gasteiger partial charge >= 0.3 is 12.0 Å². The zero-order valence-corrected chi connectivity index (χ0v) is 11.5. The second-order valence-electron chi connectivity index (χ2n) is 5.09. The van der Waals surface area contributed by atoms with Gasteiger partial charge < -0.3 is 20.6 Å². The standard InChI is InChI=1S/C12H21N3O4/c1-4-6-12(2,10(17)18)14-11(19)13-8-5-7-15(3)9(8)16/h8H,4-7H2,1-3H3,(H,17,18)(H2,13,14,19). The van der Waals surface area contributed by atoms with Gasteiger partial charge in [0.1, 0.15) is 11.6 Å². The Hall–Kier alpha value is -1.79. The number of carboxylic acid groups (broad SMARTS) is 1. The average Bonchev–Trinajstić information content (AvgIpc) is 2.61. The lowest BCUT2D eigenvalue weighted by atomic mass is 9.96. The van der Waals surface area contributed by atoms with Gasteiger partial charge in [-0.1, -0.05) is 13.3 Å². The number of nitrogens with zero attached hydrogens (tertiary/aromatic N) is 1. The van der Waals surface area contributed by atoms with Crippen LogP contribution >= 0.6 is 0 Å². The van der Waals surface area contributed by atoms with Gasteiger partial charge in [0.05, 0.1) is 0 Å². The highest BCUT2D eigenvalue weighted by Gasteiger charge is 2.36. The highest BCUT2D eigenvalue weighted by Crippen LogP contribution is 2.13. The first-order chi connectivity index (χ1) is 8.80. The first kappa shape index (κ1) is 15.3. The minimum absolute atomic E-state index is 0.150. The summed E-state index contributed by atoms with van der Waals surface area (Å²) in [6.45, 7) is 3.90. The fraction of sp³-hybridized carbons (Fsp3) is 0.750. The number of rotatable bonds is 5. The molecule has 2 unspecified atom stereocenters. The van der Waals surface area contributed by atoms with E-state index in [1.54, 1.807) is 7.05 Å². The van der Waals surface area contributed by atoms with Gasteiger partial charge in [-0.05, 0) is 19.8 Å². The molecule has 1 saturated heterocycles. The van der Waals surface area contributed by atoms with Gasteiger partial charge in [-0.25, -0.2) is 9.59 Å². The summed E-state index contributed by atoms with van der Waals surface area (Å²) in [7, 11) is 1.67. The van der Waals surface area contributed by atoms with Crippen molar-refractivity contribution in [3.8, 4) is 0 Å². The monoisotopic (exact) mass is 271 g/mol. The minimum atomic E-state index is -1.31. The quantitative estimate of drug-likeness (QED) is 0.663. The van der Waals surface area contributed by atoms with E-state index in [4.69, 9.17) is 5.11 Å². The van der Waals surface area contributed by atoms with Crippen molar-refractivity contribution in [3.05, 3.63) is 0 Å². The first-order valence-electron chi connectivity index (χ1n) is 6.37. The van der Waals surface area contributed by atoms with Crippen LogP contribution in [0.3, 0.4) is 0 Å². The third kappa shape index (κ3) is 3.59. The van der Waals surface area contributed by atoms with Gasteiger partial charge in [-0.15, -0.1) is 0 Å². The highest BCUT2D eigenvalue weighted by molar-refractivity contribution is 5.90. The van der Waals surface area contributed by atoms with Gasteiger partial charge in [-0.2, -0.15) is 0 Å². The number of carboxylic acids is 1. The minimum Gasteiger partial charge on any atom is -0.480 e. The van der Waals surface area contributed by atoms with Crippen LogP contribution < -0.4 is 10.6 Å². The lowest BCUT2D eigenvalue weighted by Gasteiger charge is -2.26. The molecule has 0 bridgehead atoms. The molecular weight excluding hydrogens is 250 g/mol. The summed E-state index contributed by atoms with van der Waals surface area (Å²) < 4.78 is 0. The molecule has 2 atom stereocenters. The lowest BCUT2D eigenvalue weighted by Crippen LogP contribution is -2.57. The lowest BCUT2D eigenvalue weighted by molar-refractivity contribution is -0.144. The summed E-state index contributed by atoms with van der Waals surface area (Å²) in [5.41, 5.74) is -1.31. The predicted octanol–water partition coefficient (Wildman–Crippen LogP) is 0.160. The molecule has 3 N–H and O–H groups in total. The molecule has 0 radical (unpaired) electrons. The molecule has 1 rings (SSSR count). The van der Waals surface area contributed by atoms with Crippen LogP contribution in [0.4, 0.5) is 4.79 Å². The zero-order valence-electron chi connectivity index (χ0n) is 11.5. The maximum Gasteiger partial charge on any atom is 0.329 e. The number of urea groups is 1. The van der Waals surface area contributed by atoms with Crippen LogP contribution in [0.25, 0.3) is 0 Å². The SMILES string of the molecule is CCCC(C)(NC(=O)NC1CCN(C)C1=O)C(=O)O. The van der Waals surface area contributed by atoms with Crippen molar-refractivity contribution in [2.24, 2.45) is 0 Å². The molecule has 1 aliphatic rings. The Kier molecular flexibility index (Phi) is 4.74. The number of aliphatic carboxylic acids is 1. The van der Waals surface area contributed by atoms with Crippen LogP contribution in [0.5, 0.6) is 0 Å². The molecule has 3 amide bonds. The second kappa shape index (κ2) is 5.90. The number of carbonyl (C=O) groups excluding carboxylic acids is 2. The molecule has 0 aromatic heterocycles. The Morgan fingerprint density at radius 1 is 1.53 bits per heavy atom. The van der Waals surface area contributed by atoms with Gasteiger partial charge in [0, 0.05) is 13.6 Å². The molecule has 0 saturated carbocycles. The number of nitrogens with one attached hydrogen (secondary N) is 2. The second-order valence-corrected chi connectivity index (χ2v) is 5.09. The predicted molar refractivity (Wildman–Crippen MR) is 68.7 cm³/mol. The highest BCUT2D eigenvalue weighted by atomic mass is 16.4. The largest absolute Gasteiger partial charge is 0.480 e. The Bertz CT molecular complexity index is 385. The van der Waals surface area contributed by atoms with E-state index in [-0.39, 0.29) is 5.91 Å². The molecule has 0 spiro atoms. The van der Waals surface area contributed by atoms with Crippen molar-refractivity contribution in [2.45, 2.75) is 44.7 Å². The van der Waals surface area contributed by atoms with E-state index in [1.807, 2.05) is 6.92 Å². The number of carbonyl (C=O) groups is 3. The van der Waals surface area contributed by atoms with E-state index >= 15 is 0 Å². The molecule has 0 aromatic carbocycles. The van der Waals surface area contributed by atoms with Gasteiger partial charge in [0.15, 0.2) is 0 Å². The van der Waals surface area contributed by atoms with E-state index in [0.29, 0.717) is 25.8 Å². The molecule has 1 heterocycles. The van der Waals surface area contributed by atoms with Crippen molar-refractivity contribution >= 4 is 17.9 Å². The number of likely N-dealkylation sites (N-methyl/N-ethyl adjacent to an activating group) is 1. The average molecular weight is 271 g/mol. The number of likely N-dealkylation sites (tertiary alicyclic amines) is 1. The van der Waals surface area contributed by atoms with Crippen LogP contribution in [0, 0.1) is 0 Å². The van der Waals surface area contributed by atoms with Crippen LogP contribution in [0.15, 0.2) is 0 Å². The Morgan fingerprint density at radius 2 is 2.16 bits per heavy atom. The molecule has 0 aromatic rings. The van der Waals surface area contributed by atoms with E-state index in [0.717, 1.165) is 0 Å². The third-order valence-corrected chi connectivity index (χ3v) is 3.34. The Labute approximate surface area is 112 Å². The summed E-state index contributed by atoms with van der Waals surface area (Å²) in [4.78, 5) is 36.1. The number of amides is 3. The van der Waals surface area contributed by atoms with Gasteiger partial charge in [0.25, 0.3) is 0 Å². The van der Waals surface area contributed by atoms with Crippen molar-refractivity contribution in [2.75, 3.05) is 13.6 Å². The first-order valence-corrected chi connectivity index (χ1v) is 6.37. The number of hydrogen-bond acceptors (Lipinski definition) is 3. The van der Waals surface area contributed by atoms with Gasteiger partial charge in [-0.3, -0.25) is 4.79 Å². The summed E-state index contributed by atoms with van der Waals surface area (Å²) in [5, 5.41) is 14.1. The van der Waals surface area contributed by atoms with Crippen molar-refractivity contribution in [1.29, 1.82) is 0 Å². The maximum atomic E-state index is 11.8.